The maximum absolute atomic E-state index is 13.8. The molecule has 34 heavy (non-hydrogen) atoms. The highest BCUT2D eigenvalue weighted by atomic mass is 32.1. The number of pyridine rings is 1. The second-order valence-electron chi connectivity index (χ2n) is 9.14. The Labute approximate surface area is 203 Å². The van der Waals surface area contributed by atoms with Crippen molar-refractivity contribution in [1.29, 1.82) is 0 Å². The van der Waals surface area contributed by atoms with Gasteiger partial charge in [-0.1, -0.05) is 30.4 Å². The molecule has 3 heterocycles. The lowest BCUT2D eigenvalue weighted by Crippen LogP contribution is -2.45. The summed E-state index contributed by atoms with van der Waals surface area (Å²) in [5, 5.41) is 0.712. The number of nitrogens with zero attached hydrogens (tertiary/aromatic N) is 4. The molecular weight excluding hydrogens is 448 g/mol. The van der Waals surface area contributed by atoms with Gasteiger partial charge in [0.05, 0.1) is 16.8 Å². The lowest BCUT2D eigenvalue weighted by molar-refractivity contribution is -0.124. The number of aryl methyl sites for hydroxylation is 1. The summed E-state index contributed by atoms with van der Waals surface area (Å²) in [6.07, 6.45) is 8.66. The maximum Gasteiger partial charge on any atom is 0.410 e. The average molecular weight is 479 g/mol. The molecule has 3 aromatic rings. The number of hydrogen-bond donors (Lipinski definition) is 0. The Morgan fingerprint density at radius 1 is 1.15 bits per heavy atom. The van der Waals surface area contributed by atoms with Crippen LogP contribution in [0.25, 0.3) is 10.2 Å². The molecule has 0 unspecified atom stereocenters. The molecule has 0 radical (unpaired) electrons. The fourth-order valence-corrected chi connectivity index (χ4v) is 5.48. The number of benzene rings is 1. The van der Waals surface area contributed by atoms with Crippen molar-refractivity contribution < 1.29 is 14.3 Å². The van der Waals surface area contributed by atoms with Crippen LogP contribution in [-0.2, 0) is 22.5 Å². The van der Waals surface area contributed by atoms with Gasteiger partial charge >= 0.3 is 6.09 Å². The molecule has 0 atom stereocenters. The standard InChI is InChI=1S/C26H30N4O3S/c1-2-18-8-9-22-23(15-18)34-25(28-22)30(17-19-5-4-12-27-16-19)24(31)20-10-13-29(14-11-20)26(32)33-21-6-3-7-21/h4-5,8-9,12,15-16,20-21H,2-3,6-7,10-11,13-14,17H2,1H3. The summed E-state index contributed by atoms with van der Waals surface area (Å²) >= 11 is 1.56. The van der Waals surface area contributed by atoms with Crippen molar-refractivity contribution in [3.05, 3.63) is 53.9 Å². The van der Waals surface area contributed by atoms with Gasteiger partial charge in [0.1, 0.15) is 6.10 Å². The third kappa shape index (κ3) is 4.92. The zero-order chi connectivity index (χ0) is 23.5. The van der Waals surface area contributed by atoms with E-state index in [1.807, 2.05) is 18.2 Å². The molecule has 2 aromatic heterocycles. The third-order valence-electron chi connectivity index (χ3n) is 6.83. The van der Waals surface area contributed by atoms with Gasteiger partial charge in [-0.25, -0.2) is 9.78 Å². The molecule has 1 saturated heterocycles. The first-order valence-corrected chi connectivity index (χ1v) is 13.0. The number of amides is 2. The molecule has 2 amide bonds. The molecule has 0 N–H and O–H groups in total. The van der Waals surface area contributed by atoms with E-state index in [0.717, 1.165) is 41.5 Å². The summed E-state index contributed by atoms with van der Waals surface area (Å²) in [4.78, 5) is 38.8. The Kier molecular flexibility index (Phi) is 6.76. The van der Waals surface area contributed by atoms with Gasteiger partial charge in [0.2, 0.25) is 5.91 Å². The Balaban J connectivity index is 1.33. The number of anilines is 1. The first kappa shape index (κ1) is 22.8. The summed E-state index contributed by atoms with van der Waals surface area (Å²) in [5.74, 6) is -0.0896. The van der Waals surface area contributed by atoms with E-state index in [-0.39, 0.29) is 24.0 Å². The summed E-state index contributed by atoms with van der Waals surface area (Å²) in [5.41, 5.74) is 3.13. The molecule has 0 bridgehead atoms. The molecule has 1 aromatic carbocycles. The second-order valence-corrected chi connectivity index (χ2v) is 10.1. The van der Waals surface area contributed by atoms with E-state index in [1.54, 1.807) is 33.5 Å². The van der Waals surface area contributed by atoms with Crippen molar-refractivity contribution in [3.63, 3.8) is 0 Å². The van der Waals surface area contributed by atoms with Gasteiger partial charge < -0.3 is 9.64 Å². The van der Waals surface area contributed by atoms with E-state index < -0.39 is 0 Å². The van der Waals surface area contributed by atoms with Crippen molar-refractivity contribution in [1.82, 2.24) is 14.9 Å². The summed E-state index contributed by atoms with van der Waals surface area (Å²) in [6.45, 7) is 3.65. The van der Waals surface area contributed by atoms with E-state index >= 15 is 0 Å². The molecule has 2 aliphatic rings. The Bertz CT molecular complexity index is 1150. The lowest BCUT2D eigenvalue weighted by Gasteiger charge is -2.35. The molecule has 5 rings (SSSR count). The van der Waals surface area contributed by atoms with Gasteiger partial charge in [-0.3, -0.25) is 14.7 Å². The molecule has 178 valence electrons. The van der Waals surface area contributed by atoms with Gasteiger partial charge in [-0.15, -0.1) is 0 Å². The summed E-state index contributed by atoms with van der Waals surface area (Å²) < 4.78 is 6.64. The number of carbonyl (C=O) groups is 2. The summed E-state index contributed by atoms with van der Waals surface area (Å²) in [6, 6.07) is 10.2. The Morgan fingerprint density at radius 2 is 1.97 bits per heavy atom. The molecule has 8 heteroatoms. The number of ether oxygens (including phenoxy) is 1. The van der Waals surface area contributed by atoms with Crippen molar-refractivity contribution in [3.8, 4) is 0 Å². The van der Waals surface area contributed by atoms with Crippen LogP contribution >= 0.6 is 11.3 Å². The predicted octanol–water partition coefficient (Wildman–Crippen LogP) is 5.19. The van der Waals surface area contributed by atoms with Crippen LogP contribution < -0.4 is 4.90 Å². The molecule has 1 aliphatic heterocycles. The van der Waals surface area contributed by atoms with Crippen LogP contribution in [0.3, 0.4) is 0 Å². The number of fused-ring (bicyclic) bond motifs is 1. The monoisotopic (exact) mass is 478 g/mol. The predicted molar refractivity (Wildman–Crippen MR) is 133 cm³/mol. The zero-order valence-electron chi connectivity index (χ0n) is 19.5. The molecule has 7 nitrogen and oxygen atoms in total. The quantitative estimate of drug-likeness (QED) is 0.487. The van der Waals surface area contributed by atoms with Crippen molar-refractivity contribution in [2.75, 3.05) is 18.0 Å². The smallest absolute Gasteiger partial charge is 0.410 e. The largest absolute Gasteiger partial charge is 0.446 e. The van der Waals surface area contributed by atoms with Gasteiger partial charge in [0.15, 0.2) is 5.13 Å². The van der Waals surface area contributed by atoms with Crippen molar-refractivity contribution >= 4 is 38.7 Å². The minimum absolute atomic E-state index is 0.0608. The normalized spacial score (nSPS) is 16.9. The van der Waals surface area contributed by atoms with Crippen LogP contribution in [0.15, 0.2) is 42.7 Å². The van der Waals surface area contributed by atoms with Crippen molar-refractivity contribution in [2.45, 2.75) is 58.1 Å². The Hall–Kier alpha value is -3.00. The van der Waals surface area contributed by atoms with Crippen LogP contribution in [-0.4, -0.2) is 46.1 Å². The molecular formula is C26H30N4O3S. The van der Waals surface area contributed by atoms with Crippen LogP contribution in [0.2, 0.25) is 0 Å². The first-order valence-electron chi connectivity index (χ1n) is 12.2. The Morgan fingerprint density at radius 3 is 2.65 bits per heavy atom. The minimum atomic E-state index is -0.235. The van der Waals surface area contributed by atoms with E-state index in [0.29, 0.717) is 37.6 Å². The molecule has 0 spiro atoms. The van der Waals surface area contributed by atoms with Gasteiger partial charge in [0, 0.05) is 31.4 Å². The third-order valence-corrected chi connectivity index (χ3v) is 7.87. The van der Waals surface area contributed by atoms with Crippen LogP contribution in [0.4, 0.5) is 9.93 Å². The fraction of sp³-hybridized carbons (Fsp3) is 0.462. The highest BCUT2D eigenvalue weighted by Gasteiger charge is 2.34. The molecule has 2 fully saturated rings. The lowest BCUT2D eigenvalue weighted by atomic mass is 9.95. The number of likely N-dealkylation sites (tertiary alicyclic amines) is 1. The fourth-order valence-electron chi connectivity index (χ4n) is 4.44. The minimum Gasteiger partial charge on any atom is -0.446 e. The van der Waals surface area contributed by atoms with E-state index in [1.165, 1.54) is 5.56 Å². The average Bonchev–Trinajstić information content (AvgIpc) is 3.28. The maximum atomic E-state index is 13.8. The highest BCUT2D eigenvalue weighted by Crippen LogP contribution is 2.33. The molecule has 1 saturated carbocycles. The summed E-state index contributed by atoms with van der Waals surface area (Å²) in [7, 11) is 0. The van der Waals surface area contributed by atoms with Crippen LogP contribution in [0.5, 0.6) is 0 Å². The van der Waals surface area contributed by atoms with E-state index in [9.17, 15) is 9.59 Å². The first-order chi connectivity index (χ1) is 16.6. The molecule has 1 aliphatic carbocycles. The topological polar surface area (TPSA) is 75.6 Å². The van der Waals surface area contributed by atoms with E-state index in [4.69, 9.17) is 9.72 Å². The SMILES string of the molecule is CCc1ccc2nc(N(Cc3cccnc3)C(=O)C3CCN(C(=O)OC4CCC4)CC3)sc2c1. The second kappa shape index (κ2) is 10.1. The van der Waals surface area contributed by atoms with Gasteiger partial charge in [-0.05, 0) is 67.9 Å². The number of rotatable bonds is 6. The highest BCUT2D eigenvalue weighted by molar-refractivity contribution is 7.22. The number of thiazole rings is 1. The van der Waals surface area contributed by atoms with Crippen molar-refractivity contribution in [2.24, 2.45) is 5.92 Å². The van der Waals surface area contributed by atoms with E-state index in [2.05, 4.69) is 24.0 Å². The zero-order valence-corrected chi connectivity index (χ0v) is 20.3. The van der Waals surface area contributed by atoms with Gasteiger partial charge in [-0.2, -0.15) is 0 Å². The van der Waals surface area contributed by atoms with Crippen LogP contribution in [0.1, 0.15) is 50.2 Å². The van der Waals surface area contributed by atoms with Crippen LogP contribution in [0, 0.1) is 5.92 Å². The number of piperidine rings is 1. The number of hydrogen-bond acceptors (Lipinski definition) is 6. The number of carbonyl (C=O) groups excluding carboxylic acids is 2. The van der Waals surface area contributed by atoms with Gasteiger partial charge in [0.25, 0.3) is 0 Å². The number of aromatic nitrogens is 2.